The van der Waals surface area contributed by atoms with Crippen molar-refractivity contribution in [1.82, 2.24) is 10.2 Å². The van der Waals surface area contributed by atoms with Crippen molar-refractivity contribution in [2.24, 2.45) is 0 Å². The minimum Gasteiger partial charge on any atom is -0.376 e. The van der Waals surface area contributed by atoms with Gasteiger partial charge >= 0.3 is 12.1 Å². The van der Waals surface area contributed by atoms with Crippen molar-refractivity contribution in [2.75, 3.05) is 38.6 Å². The Morgan fingerprint density at radius 3 is 2.53 bits per heavy atom. The molecule has 0 saturated carbocycles. The second-order valence-corrected chi connectivity index (χ2v) is 9.62. The van der Waals surface area contributed by atoms with Gasteiger partial charge in [-0.2, -0.15) is 0 Å². The Morgan fingerprint density at radius 2 is 1.89 bits per heavy atom. The number of nitrogens with zero attached hydrogens (tertiary/aromatic N) is 2. The van der Waals surface area contributed by atoms with E-state index < -0.39 is 5.67 Å². The lowest BCUT2D eigenvalue weighted by atomic mass is 9.85. The van der Waals surface area contributed by atoms with Crippen LogP contribution < -0.4 is 10.6 Å². The van der Waals surface area contributed by atoms with E-state index >= 15 is 4.39 Å². The highest BCUT2D eigenvalue weighted by Gasteiger charge is 2.38. The molecule has 1 unspecified atom stereocenters. The molecular formula is C28H34FN4O3+. The van der Waals surface area contributed by atoms with Crippen molar-refractivity contribution in [3.8, 4) is 6.07 Å². The second-order valence-electron chi connectivity index (χ2n) is 9.62. The molecule has 0 bridgehead atoms. The zero-order chi connectivity index (χ0) is 25.7. The van der Waals surface area contributed by atoms with E-state index in [9.17, 15) is 9.59 Å². The molecule has 4 rings (SSSR count). The Hall–Kier alpha value is -3.44. The number of aryl methyl sites for hydroxylation is 2. The van der Waals surface area contributed by atoms with E-state index in [1.54, 1.807) is 30.1 Å². The zero-order valence-corrected chi connectivity index (χ0v) is 21.2. The first-order valence-electron chi connectivity index (χ1n) is 12.5. The van der Waals surface area contributed by atoms with Gasteiger partial charge in [-0.3, -0.25) is 4.79 Å². The summed E-state index contributed by atoms with van der Waals surface area (Å²) in [5.74, 6) is -0.151. The van der Waals surface area contributed by atoms with Crippen LogP contribution in [0.5, 0.6) is 0 Å². The molecule has 0 radical (unpaired) electrons. The van der Waals surface area contributed by atoms with Crippen molar-refractivity contribution in [2.45, 2.75) is 51.3 Å². The van der Waals surface area contributed by atoms with E-state index in [0.29, 0.717) is 36.4 Å². The summed E-state index contributed by atoms with van der Waals surface area (Å²) in [5, 5.41) is 5.70. The quantitative estimate of drug-likeness (QED) is 0.615. The molecule has 2 N–H and O–H groups in total. The summed E-state index contributed by atoms with van der Waals surface area (Å²) in [7, 11) is 1.65. The summed E-state index contributed by atoms with van der Waals surface area (Å²) in [6.07, 6.45) is 2.46. The Bertz CT molecular complexity index is 1170. The zero-order valence-electron chi connectivity index (χ0n) is 21.2. The molecule has 7 nitrogen and oxygen atoms in total. The van der Waals surface area contributed by atoms with Crippen LogP contribution in [0.2, 0.25) is 0 Å². The number of rotatable bonds is 5. The van der Waals surface area contributed by atoms with Crippen LogP contribution in [0.25, 0.3) is 4.85 Å². The molecule has 2 heterocycles. The number of carbonyl (C=O) groups is 2. The first-order chi connectivity index (χ1) is 17.3. The van der Waals surface area contributed by atoms with Gasteiger partial charge in [0, 0.05) is 50.3 Å². The number of halogens is 1. The molecule has 8 heteroatoms. The lowest BCUT2D eigenvalue weighted by Crippen LogP contribution is -2.43. The molecule has 2 aromatic rings. The molecule has 2 aromatic carbocycles. The van der Waals surface area contributed by atoms with E-state index in [2.05, 4.69) is 21.5 Å². The highest BCUT2D eigenvalue weighted by molar-refractivity contribution is 5.98. The fourth-order valence-corrected chi connectivity index (χ4v) is 4.89. The summed E-state index contributed by atoms with van der Waals surface area (Å²) in [6, 6.07) is 13.3. The number of ether oxygens (including phenoxy) is 1. The number of nitrogens with one attached hydrogen (secondary N) is 2. The van der Waals surface area contributed by atoms with Crippen LogP contribution >= 0.6 is 0 Å². The number of amides is 3. The van der Waals surface area contributed by atoms with E-state index in [1.807, 2.05) is 32.0 Å². The van der Waals surface area contributed by atoms with E-state index in [1.165, 1.54) is 0 Å². The number of hydrogen-bond acceptors (Lipinski definition) is 3. The molecule has 3 amide bonds. The summed E-state index contributed by atoms with van der Waals surface area (Å²) < 4.78 is 21.3. The number of hydrogen-bond donors (Lipinski definition) is 2. The maximum Gasteiger partial charge on any atom is 0.319 e. The fourth-order valence-electron chi connectivity index (χ4n) is 4.89. The fraction of sp³-hybridized carbons (Fsp3) is 0.464. The van der Waals surface area contributed by atoms with Gasteiger partial charge in [0.15, 0.2) is 0 Å². The number of alkyl halides is 1. The van der Waals surface area contributed by atoms with Gasteiger partial charge in [0.1, 0.15) is 11.2 Å². The maximum atomic E-state index is 15.7. The molecule has 2 aliphatic rings. The standard InChI is InChI=1S/C28H33FN4O3/c1-19-15-20(2)25(32-27(35)31-18-23-5-4-14-36-23)16-24(19)26(34)33-12-10-28(29,11-13-33)22-8-6-21(7-9-22)17-30-3/h6-9,15-16,23H,4-5,10-14,18H2,1-3H3,(H-,31,32,35)/p+1. The predicted molar refractivity (Wildman–Crippen MR) is 139 cm³/mol. The van der Waals surface area contributed by atoms with Gasteiger partial charge in [-0.1, -0.05) is 23.0 Å². The van der Waals surface area contributed by atoms with Gasteiger partial charge in [0.05, 0.1) is 6.10 Å². The lowest BCUT2D eigenvalue weighted by molar-refractivity contribution is 0.0421. The smallest absolute Gasteiger partial charge is 0.319 e. The van der Waals surface area contributed by atoms with Gasteiger partial charge in [0.25, 0.3) is 13.0 Å². The molecule has 2 saturated heterocycles. The molecule has 0 aromatic heterocycles. The highest BCUT2D eigenvalue weighted by Crippen LogP contribution is 2.37. The van der Waals surface area contributed by atoms with Crippen molar-refractivity contribution in [3.63, 3.8) is 0 Å². The van der Waals surface area contributed by atoms with Gasteiger partial charge in [-0.15, -0.1) is 0 Å². The van der Waals surface area contributed by atoms with Crippen LogP contribution in [-0.2, 0) is 10.4 Å². The van der Waals surface area contributed by atoms with Crippen LogP contribution in [0.1, 0.15) is 58.3 Å². The normalized spacial score (nSPS) is 18.8. The van der Waals surface area contributed by atoms with Crippen molar-refractivity contribution >= 4 is 17.6 Å². The largest absolute Gasteiger partial charge is 0.376 e. The molecule has 0 spiro atoms. The van der Waals surface area contributed by atoms with Crippen LogP contribution in [0.4, 0.5) is 14.9 Å². The van der Waals surface area contributed by atoms with Crippen LogP contribution in [0, 0.1) is 19.9 Å². The van der Waals surface area contributed by atoms with Gasteiger partial charge in [0.2, 0.25) is 0 Å². The van der Waals surface area contributed by atoms with Crippen molar-refractivity contribution < 1.29 is 18.7 Å². The number of carbonyl (C=O) groups excluding carboxylic acids is 2. The number of urea groups is 1. The first kappa shape index (κ1) is 25.6. The summed E-state index contributed by atoms with van der Waals surface area (Å²) in [4.78, 5) is 31.4. The average molecular weight is 494 g/mol. The topological polar surface area (TPSA) is 75.0 Å². The summed E-state index contributed by atoms with van der Waals surface area (Å²) in [5.41, 5.74) is 2.73. The third kappa shape index (κ3) is 5.85. The number of anilines is 1. The number of likely N-dealkylation sites (tertiary alicyclic amines) is 1. The molecule has 36 heavy (non-hydrogen) atoms. The van der Waals surface area contributed by atoms with Crippen molar-refractivity contribution in [3.05, 3.63) is 69.1 Å². The van der Waals surface area contributed by atoms with Crippen LogP contribution in [-0.4, -0.2) is 56.2 Å². The molecule has 2 aliphatic heterocycles. The van der Waals surface area contributed by atoms with Crippen LogP contribution in [0.15, 0.2) is 36.4 Å². The van der Waals surface area contributed by atoms with E-state index in [-0.39, 0.29) is 30.9 Å². The predicted octanol–water partition coefficient (Wildman–Crippen LogP) is 5.02. The lowest BCUT2D eigenvalue weighted by Gasteiger charge is -2.37. The molecule has 1 atom stereocenters. The van der Waals surface area contributed by atoms with Gasteiger partial charge in [-0.05, 0) is 61.6 Å². The van der Waals surface area contributed by atoms with Crippen molar-refractivity contribution in [1.29, 1.82) is 0 Å². The third-order valence-corrected chi connectivity index (χ3v) is 7.05. The monoisotopic (exact) mass is 493 g/mol. The highest BCUT2D eigenvalue weighted by atomic mass is 19.1. The average Bonchev–Trinajstić information content (AvgIpc) is 3.39. The van der Waals surface area contributed by atoms with Gasteiger partial charge < -0.3 is 20.3 Å². The summed E-state index contributed by atoms with van der Waals surface area (Å²) >= 11 is 0. The van der Waals surface area contributed by atoms with E-state index in [0.717, 1.165) is 36.1 Å². The maximum absolute atomic E-state index is 15.7. The first-order valence-corrected chi connectivity index (χ1v) is 12.5. The second kappa shape index (κ2) is 11.1. The molecule has 2 fully saturated rings. The Kier molecular flexibility index (Phi) is 7.90. The molecular weight excluding hydrogens is 459 g/mol. The third-order valence-electron chi connectivity index (χ3n) is 7.05. The Morgan fingerprint density at radius 1 is 1.17 bits per heavy atom. The minimum atomic E-state index is -1.48. The van der Waals surface area contributed by atoms with Gasteiger partial charge in [-0.25, -0.2) is 9.18 Å². The SMILES string of the molecule is C[N+]#Cc1ccc(C2(F)CCN(C(=O)c3cc(NC(=O)NCC4CCCO4)c(C)cc3C)CC2)cc1. The Balaban J connectivity index is 1.40. The number of piperidine rings is 1. The Labute approximate surface area is 211 Å². The molecule has 190 valence electrons. The summed E-state index contributed by atoms with van der Waals surface area (Å²) in [6.45, 7) is 5.59. The van der Waals surface area contributed by atoms with Crippen LogP contribution in [0.3, 0.4) is 0 Å². The minimum absolute atomic E-state index is 0.0511. The molecule has 0 aliphatic carbocycles. The number of benzene rings is 2. The van der Waals surface area contributed by atoms with E-state index in [4.69, 9.17) is 4.74 Å².